The summed E-state index contributed by atoms with van der Waals surface area (Å²) in [5, 5.41) is 11.2. The van der Waals surface area contributed by atoms with Crippen LogP contribution in [0.15, 0.2) is 83.5 Å². The van der Waals surface area contributed by atoms with Crippen molar-refractivity contribution in [2.24, 2.45) is 0 Å². The summed E-state index contributed by atoms with van der Waals surface area (Å²) in [6, 6.07) is 13.4. The number of aromatic nitrogens is 1. The van der Waals surface area contributed by atoms with Crippen molar-refractivity contribution in [1.29, 1.82) is 0 Å². The van der Waals surface area contributed by atoms with Gasteiger partial charge in [-0.05, 0) is 66.4 Å². The molecular weight excluding hydrogens is 497 g/mol. The van der Waals surface area contributed by atoms with Crippen LogP contribution in [0.5, 0.6) is 0 Å². The summed E-state index contributed by atoms with van der Waals surface area (Å²) in [5.41, 5.74) is 1.15. The van der Waals surface area contributed by atoms with E-state index >= 15 is 0 Å². The molecule has 2 fully saturated rings. The lowest BCUT2D eigenvalue weighted by Gasteiger charge is -2.25. The van der Waals surface area contributed by atoms with Crippen molar-refractivity contribution >= 4 is 27.5 Å². The van der Waals surface area contributed by atoms with Gasteiger partial charge in [0.15, 0.2) is 0 Å². The summed E-state index contributed by atoms with van der Waals surface area (Å²) in [5.74, 6) is -2.62. The molecule has 2 saturated heterocycles. The summed E-state index contributed by atoms with van der Waals surface area (Å²) >= 11 is 0. The third kappa shape index (κ3) is 4.65. The molecule has 0 bridgehead atoms. The summed E-state index contributed by atoms with van der Waals surface area (Å²) in [4.78, 5) is 31.7. The van der Waals surface area contributed by atoms with Crippen molar-refractivity contribution in [3.05, 3.63) is 101 Å². The van der Waals surface area contributed by atoms with Crippen molar-refractivity contribution in [3.63, 3.8) is 0 Å². The monoisotopic (exact) mass is 521 g/mol. The first-order chi connectivity index (χ1) is 17.8. The SMILES string of the molecule is O=C1C(=O)N(Cc2cccnc2)C(c2ccc(F)cc2)/C1=C(\O)c1ccc(S(=O)(=O)N2CCCC2)cc1. The predicted octanol–water partition coefficient (Wildman–Crippen LogP) is 3.63. The van der Waals surface area contributed by atoms with E-state index in [0.29, 0.717) is 24.2 Å². The number of halogens is 1. The smallest absolute Gasteiger partial charge is 0.295 e. The van der Waals surface area contributed by atoms with Gasteiger partial charge in [0.2, 0.25) is 10.0 Å². The minimum atomic E-state index is -3.66. The van der Waals surface area contributed by atoms with Crippen LogP contribution in [0.1, 0.15) is 35.6 Å². The van der Waals surface area contributed by atoms with E-state index < -0.39 is 39.3 Å². The Morgan fingerprint density at radius 1 is 1.00 bits per heavy atom. The summed E-state index contributed by atoms with van der Waals surface area (Å²) < 4.78 is 40.8. The van der Waals surface area contributed by atoms with Gasteiger partial charge in [0, 0.05) is 37.6 Å². The van der Waals surface area contributed by atoms with E-state index in [1.807, 2.05) is 0 Å². The first kappa shape index (κ1) is 24.8. The van der Waals surface area contributed by atoms with Crippen LogP contribution in [0.4, 0.5) is 4.39 Å². The Morgan fingerprint density at radius 2 is 1.68 bits per heavy atom. The van der Waals surface area contributed by atoms with Crippen LogP contribution in [-0.2, 0) is 26.2 Å². The number of sulfonamides is 1. The molecule has 37 heavy (non-hydrogen) atoms. The molecule has 1 aromatic heterocycles. The van der Waals surface area contributed by atoms with Gasteiger partial charge in [-0.25, -0.2) is 12.8 Å². The minimum absolute atomic E-state index is 0.0459. The van der Waals surface area contributed by atoms with E-state index in [1.54, 1.807) is 24.5 Å². The van der Waals surface area contributed by atoms with Crippen molar-refractivity contribution in [2.75, 3.05) is 13.1 Å². The van der Waals surface area contributed by atoms with Gasteiger partial charge in [0.05, 0.1) is 16.5 Å². The quantitative estimate of drug-likeness (QED) is 0.302. The Bertz CT molecular complexity index is 1470. The number of likely N-dealkylation sites (tertiary alicyclic amines) is 1. The molecule has 2 aliphatic rings. The molecule has 1 amide bonds. The van der Waals surface area contributed by atoms with Gasteiger partial charge in [-0.2, -0.15) is 4.31 Å². The van der Waals surface area contributed by atoms with Crippen molar-refractivity contribution in [1.82, 2.24) is 14.2 Å². The molecule has 190 valence electrons. The lowest BCUT2D eigenvalue weighted by molar-refractivity contribution is -0.140. The summed E-state index contributed by atoms with van der Waals surface area (Å²) in [7, 11) is -3.66. The number of hydrogen-bond donors (Lipinski definition) is 1. The van der Waals surface area contributed by atoms with Crippen LogP contribution in [0.25, 0.3) is 5.76 Å². The van der Waals surface area contributed by atoms with E-state index in [2.05, 4.69) is 4.98 Å². The highest BCUT2D eigenvalue weighted by molar-refractivity contribution is 7.89. The molecule has 3 heterocycles. The number of rotatable bonds is 6. The van der Waals surface area contributed by atoms with Crippen LogP contribution in [0, 0.1) is 5.82 Å². The van der Waals surface area contributed by atoms with Crippen molar-refractivity contribution < 1.29 is 27.5 Å². The molecule has 1 unspecified atom stereocenters. The zero-order valence-corrected chi connectivity index (χ0v) is 20.6. The van der Waals surface area contributed by atoms with Gasteiger partial charge in [-0.3, -0.25) is 14.6 Å². The fraction of sp³-hybridized carbons (Fsp3) is 0.222. The molecule has 8 nitrogen and oxygen atoms in total. The van der Waals surface area contributed by atoms with Crippen LogP contribution < -0.4 is 0 Å². The summed E-state index contributed by atoms with van der Waals surface area (Å²) in [6.45, 7) is 0.967. The fourth-order valence-electron chi connectivity index (χ4n) is 4.74. The second-order valence-corrected chi connectivity index (χ2v) is 10.9. The zero-order valence-electron chi connectivity index (χ0n) is 19.7. The predicted molar refractivity (Wildman–Crippen MR) is 133 cm³/mol. The number of ketones is 1. The van der Waals surface area contributed by atoms with Gasteiger partial charge in [0.1, 0.15) is 11.6 Å². The second kappa shape index (κ2) is 9.87. The maximum Gasteiger partial charge on any atom is 0.295 e. The normalized spacial score (nSPS) is 20.0. The number of nitrogens with zero attached hydrogens (tertiary/aromatic N) is 3. The molecule has 2 aliphatic heterocycles. The number of benzene rings is 2. The topological polar surface area (TPSA) is 108 Å². The molecule has 3 aromatic rings. The fourth-order valence-corrected chi connectivity index (χ4v) is 6.26. The minimum Gasteiger partial charge on any atom is -0.507 e. The first-order valence-corrected chi connectivity index (χ1v) is 13.2. The number of pyridine rings is 1. The van der Waals surface area contributed by atoms with E-state index in [4.69, 9.17) is 0 Å². The first-order valence-electron chi connectivity index (χ1n) is 11.8. The molecule has 0 radical (unpaired) electrons. The Hall–Kier alpha value is -3.89. The Balaban J connectivity index is 1.56. The van der Waals surface area contributed by atoms with Crippen molar-refractivity contribution in [3.8, 4) is 0 Å². The highest BCUT2D eigenvalue weighted by atomic mass is 32.2. The molecule has 0 saturated carbocycles. The Kier molecular flexibility index (Phi) is 6.61. The van der Waals surface area contributed by atoms with Crippen LogP contribution >= 0.6 is 0 Å². The number of amides is 1. The van der Waals surface area contributed by atoms with E-state index in [9.17, 15) is 27.5 Å². The highest BCUT2D eigenvalue weighted by Crippen LogP contribution is 2.40. The highest BCUT2D eigenvalue weighted by Gasteiger charge is 2.46. The molecule has 1 atom stereocenters. The van der Waals surface area contributed by atoms with Gasteiger partial charge < -0.3 is 10.0 Å². The third-order valence-electron chi connectivity index (χ3n) is 6.63. The summed E-state index contributed by atoms with van der Waals surface area (Å²) in [6.07, 6.45) is 4.77. The molecule has 5 rings (SSSR count). The van der Waals surface area contributed by atoms with E-state index in [1.165, 1.54) is 57.7 Å². The molecule has 0 spiro atoms. The molecule has 2 aromatic carbocycles. The van der Waals surface area contributed by atoms with Crippen LogP contribution in [-0.4, -0.2) is 52.5 Å². The molecule has 10 heteroatoms. The average Bonchev–Trinajstić information content (AvgIpc) is 3.54. The maximum atomic E-state index is 13.7. The van der Waals surface area contributed by atoms with Gasteiger partial charge >= 0.3 is 0 Å². The molecule has 1 N–H and O–H groups in total. The number of aliphatic hydroxyl groups excluding tert-OH is 1. The zero-order chi connectivity index (χ0) is 26.2. The van der Waals surface area contributed by atoms with Crippen molar-refractivity contribution in [2.45, 2.75) is 30.3 Å². The van der Waals surface area contributed by atoms with Gasteiger partial charge in [-0.1, -0.05) is 18.2 Å². The average molecular weight is 522 g/mol. The molecular formula is C27H24FN3O5S. The Labute approximate surface area is 213 Å². The van der Waals surface area contributed by atoms with Gasteiger partial charge in [0.25, 0.3) is 11.7 Å². The maximum absolute atomic E-state index is 13.7. The number of carbonyl (C=O) groups is 2. The molecule has 0 aliphatic carbocycles. The number of carbonyl (C=O) groups excluding carboxylic acids is 2. The Morgan fingerprint density at radius 3 is 2.30 bits per heavy atom. The largest absolute Gasteiger partial charge is 0.507 e. The lowest BCUT2D eigenvalue weighted by atomic mass is 9.95. The van der Waals surface area contributed by atoms with E-state index in [0.717, 1.165) is 12.8 Å². The van der Waals surface area contributed by atoms with E-state index in [-0.39, 0.29) is 22.6 Å². The number of Topliss-reactive ketones (excluding diaryl/α,β-unsaturated/α-hetero) is 1. The van der Waals surface area contributed by atoms with Gasteiger partial charge in [-0.15, -0.1) is 0 Å². The third-order valence-corrected chi connectivity index (χ3v) is 8.54. The second-order valence-electron chi connectivity index (χ2n) is 8.98. The standard InChI is InChI=1S/C27H24FN3O5S/c28-21-9-5-19(6-10-21)24-23(26(33)27(34)31(24)17-18-4-3-13-29-16-18)25(32)20-7-11-22(12-8-20)37(35,36)30-14-1-2-15-30/h3-13,16,24,32H,1-2,14-15,17H2/b25-23+. The number of aliphatic hydroxyl groups is 1. The number of hydrogen-bond acceptors (Lipinski definition) is 6. The van der Waals surface area contributed by atoms with Crippen LogP contribution in [0.3, 0.4) is 0 Å². The lowest BCUT2D eigenvalue weighted by Crippen LogP contribution is -2.29. The van der Waals surface area contributed by atoms with Crippen LogP contribution in [0.2, 0.25) is 0 Å².